The van der Waals surface area contributed by atoms with Crippen molar-refractivity contribution < 1.29 is 0 Å². The molecule has 0 saturated carbocycles. The molecule has 6 aromatic rings. The van der Waals surface area contributed by atoms with Gasteiger partial charge in [-0.25, -0.2) is 9.97 Å². The summed E-state index contributed by atoms with van der Waals surface area (Å²) < 4.78 is 2.39. The number of aromatic nitrogens is 3. The highest BCUT2D eigenvalue weighted by atomic mass is 15.0. The van der Waals surface area contributed by atoms with Gasteiger partial charge in [0.25, 0.3) is 0 Å². The molecule has 0 unspecified atom stereocenters. The molecule has 2 aromatic heterocycles. The van der Waals surface area contributed by atoms with Crippen LogP contribution in [0.3, 0.4) is 0 Å². The number of fused-ring (bicyclic) bond motifs is 4. The minimum atomic E-state index is 0.599. The molecule has 174 valence electrons. The van der Waals surface area contributed by atoms with Gasteiger partial charge in [-0.3, -0.25) is 0 Å². The first-order valence-corrected chi connectivity index (χ1v) is 12.5. The van der Waals surface area contributed by atoms with Crippen LogP contribution in [0.25, 0.3) is 55.4 Å². The standard InChI is InChI=1S/C33H22N4/c34-21-22-14-19-28-29(20-22)35-33(24-8-2-1-3-9-24)36-32(28)23-15-17-25(18-16-23)37-30-12-6-4-10-26(30)27-11-5-7-13-31(27)37/h1-15,17,19-20H,16,18H2. The highest BCUT2D eigenvalue weighted by Crippen LogP contribution is 2.37. The van der Waals surface area contributed by atoms with E-state index in [1.54, 1.807) is 0 Å². The van der Waals surface area contributed by atoms with Crippen LogP contribution in [0.4, 0.5) is 0 Å². The molecule has 1 aliphatic carbocycles. The fourth-order valence-electron chi connectivity index (χ4n) is 5.40. The fourth-order valence-corrected chi connectivity index (χ4v) is 5.40. The Bertz CT molecular complexity index is 1880. The molecular weight excluding hydrogens is 452 g/mol. The van der Waals surface area contributed by atoms with E-state index in [0.29, 0.717) is 11.4 Å². The van der Waals surface area contributed by atoms with Crippen LogP contribution in [-0.4, -0.2) is 14.5 Å². The Hall–Kier alpha value is -5.01. The molecular formula is C33H22N4. The Kier molecular flexibility index (Phi) is 4.94. The molecule has 7 rings (SSSR count). The number of hydrogen-bond donors (Lipinski definition) is 0. The predicted octanol–water partition coefficient (Wildman–Crippen LogP) is 7.99. The Morgan fingerprint density at radius 2 is 1.38 bits per heavy atom. The van der Waals surface area contributed by atoms with Crippen molar-refractivity contribution in [3.63, 3.8) is 0 Å². The van der Waals surface area contributed by atoms with Gasteiger partial charge < -0.3 is 4.57 Å². The zero-order chi connectivity index (χ0) is 24.8. The van der Waals surface area contributed by atoms with E-state index in [9.17, 15) is 5.26 Å². The molecule has 0 spiro atoms. The van der Waals surface area contributed by atoms with Gasteiger partial charge in [0.2, 0.25) is 0 Å². The van der Waals surface area contributed by atoms with Gasteiger partial charge in [0, 0.05) is 27.4 Å². The zero-order valence-corrected chi connectivity index (χ0v) is 20.1. The van der Waals surface area contributed by atoms with E-state index in [1.807, 2.05) is 48.5 Å². The van der Waals surface area contributed by atoms with Gasteiger partial charge in [-0.1, -0.05) is 72.8 Å². The molecule has 0 aliphatic heterocycles. The minimum absolute atomic E-state index is 0.599. The average Bonchev–Trinajstić information content (AvgIpc) is 3.31. The summed E-state index contributed by atoms with van der Waals surface area (Å²) in [6.07, 6.45) is 6.21. The highest BCUT2D eigenvalue weighted by molar-refractivity contribution is 6.10. The monoisotopic (exact) mass is 474 g/mol. The summed E-state index contributed by atoms with van der Waals surface area (Å²) in [6, 6.07) is 35.2. The molecule has 0 fully saturated rings. The van der Waals surface area contributed by atoms with Crippen LogP contribution >= 0.6 is 0 Å². The van der Waals surface area contributed by atoms with E-state index >= 15 is 0 Å². The van der Waals surface area contributed by atoms with E-state index in [2.05, 4.69) is 71.3 Å². The molecule has 0 bridgehead atoms. The van der Waals surface area contributed by atoms with Crippen LogP contribution < -0.4 is 0 Å². The first-order valence-electron chi connectivity index (χ1n) is 12.5. The van der Waals surface area contributed by atoms with Crippen molar-refractivity contribution in [2.45, 2.75) is 12.8 Å². The van der Waals surface area contributed by atoms with E-state index in [1.165, 1.54) is 33.1 Å². The van der Waals surface area contributed by atoms with Crippen molar-refractivity contribution in [2.75, 3.05) is 0 Å². The SMILES string of the molecule is N#Cc1ccc2c(C3=CC=C(n4c5ccccc5c5ccccc54)CC3)nc(-c3ccccc3)nc2c1. The predicted molar refractivity (Wildman–Crippen MR) is 151 cm³/mol. The summed E-state index contributed by atoms with van der Waals surface area (Å²) in [4.78, 5) is 9.86. The largest absolute Gasteiger partial charge is 0.313 e. The molecule has 0 saturated heterocycles. The molecule has 37 heavy (non-hydrogen) atoms. The number of para-hydroxylation sites is 2. The molecule has 0 atom stereocenters. The van der Waals surface area contributed by atoms with Crippen LogP contribution in [0.2, 0.25) is 0 Å². The van der Waals surface area contributed by atoms with E-state index in [4.69, 9.17) is 9.97 Å². The van der Waals surface area contributed by atoms with Gasteiger partial charge in [0.05, 0.1) is 33.9 Å². The third-order valence-electron chi connectivity index (χ3n) is 7.16. The normalized spacial score (nSPS) is 13.5. The van der Waals surface area contributed by atoms with Crippen molar-refractivity contribution in [1.29, 1.82) is 5.26 Å². The zero-order valence-electron chi connectivity index (χ0n) is 20.1. The van der Waals surface area contributed by atoms with Gasteiger partial charge in [0.15, 0.2) is 5.82 Å². The first kappa shape index (κ1) is 21.3. The summed E-state index contributed by atoms with van der Waals surface area (Å²) in [5.41, 5.74) is 8.21. The van der Waals surface area contributed by atoms with Crippen molar-refractivity contribution in [3.8, 4) is 17.5 Å². The smallest absolute Gasteiger partial charge is 0.160 e. The lowest BCUT2D eigenvalue weighted by Gasteiger charge is -2.19. The quantitative estimate of drug-likeness (QED) is 0.261. The Morgan fingerprint density at radius 1 is 0.676 bits per heavy atom. The number of benzene rings is 4. The molecule has 4 aromatic carbocycles. The molecule has 0 N–H and O–H groups in total. The maximum atomic E-state index is 9.46. The van der Waals surface area contributed by atoms with Crippen LogP contribution in [0, 0.1) is 11.3 Å². The lowest BCUT2D eigenvalue weighted by atomic mass is 9.96. The molecule has 0 amide bonds. The molecule has 0 radical (unpaired) electrons. The van der Waals surface area contributed by atoms with Crippen LogP contribution in [0.15, 0.2) is 109 Å². The fraction of sp³-hybridized carbons (Fsp3) is 0.0606. The summed E-state index contributed by atoms with van der Waals surface area (Å²) in [6.45, 7) is 0. The number of rotatable bonds is 3. The average molecular weight is 475 g/mol. The summed E-state index contributed by atoms with van der Waals surface area (Å²) in [7, 11) is 0. The van der Waals surface area contributed by atoms with Crippen molar-refractivity contribution in [2.24, 2.45) is 0 Å². The third kappa shape index (κ3) is 3.52. The van der Waals surface area contributed by atoms with Crippen molar-refractivity contribution >= 4 is 44.0 Å². The van der Waals surface area contributed by atoms with Crippen LogP contribution in [-0.2, 0) is 0 Å². The number of allylic oxidation sites excluding steroid dienone is 4. The summed E-state index contributed by atoms with van der Waals surface area (Å²) in [5.74, 6) is 0.677. The third-order valence-corrected chi connectivity index (χ3v) is 7.16. The van der Waals surface area contributed by atoms with Crippen LogP contribution in [0.1, 0.15) is 24.1 Å². The van der Waals surface area contributed by atoms with Gasteiger partial charge in [-0.05, 0) is 54.8 Å². The summed E-state index contributed by atoms with van der Waals surface area (Å²) >= 11 is 0. The Balaban J connectivity index is 1.40. The lowest BCUT2D eigenvalue weighted by Crippen LogP contribution is -2.04. The van der Waals surface area contributed by atoms with Crippen LogP contribution in [0.5, 0.6) is 0 Å². The van der Waals surface area contributed by atoms with E-state index in [0.717, 1.165) is 35.0 Å². The topological polar surface area (TPSA) is 54.5 Å². The molecule has 2 heterocycles. The Labute approximate surface area is 214 Å². The molecule has 1 aliphatic rings. The van der Waals surface area contributed by atoms with Gasteiger partial charge >= 0.3 is 0 Å². The van der Waals surface area contributed by atoms with Crippen molar-refractivity contribution in [1.82, 2.24) is 14.5 Å². The maximum absolute atomic E-state index is 9.46. The number of nitriles is 1. The molecule has 4 nitrogen and oxygen atoms in total. The second-order valence-electron chi connectivity index (χ2n) is 9.33. The summed E-state index contributed by atoms with van der Waals surface area (Å²) in [5, 5.41) is 13.0. The van der Waals surface area contributed by atoms with E-state index in [-0.39, 0.29) is 0 Å². The van der Waals surface area contributed by atoms with E-state index < -0.39 is 0 Å². The number of nitrogens with zero attached hydrogens (tertiary/aromatic N) is 4. The highest BCUT2D eigenvalue weighted by Gasteiger charge is 2.19. The first-order chi connectivity index (χ1) is 18.3. The second kappa shape index (κ2) is 8.58. The Morgan fingerprint density at radius 3 is 2.05 bits per heavy atom. The maximum Gasteiger partial charge on any atom is 0.160 e. The minimum Gasteiger partial charge on any atom is -0.313 e. The van der Waals surface area contributed by atoms with Gasteiger partial charge in [-0.2, -0.15) is 5.26 Å². The van der Waals surface area contributed by atoms with Gasteiger partial charge in [-0.15, -0.1) is 0 Å². The van der Waals surface area contributed by atoms with Crippen molar-refractivity contribution in [3.05, 3.63) is 120 Å². The molecule has 4 heteroatoms. The number of hydrogen-bond acceptors (Lipinski definition) is 3. The lowest BCUT2D eigenvalue weighted by molar-refractivity contribution is 0.985. The van der Waals surface area contributed by atoms with Gasteiger partial charge in [0.1, 0.15) is 0 Å². The second-order valence-corrected chi connectivity index (χ2v) is 9.33.